The number of benzene rings is 2. The fourth-order valence-electron chi connectivity index (χ4n) is 2.85. The summed E-state index contributed by atoms with van der Waals surface area (Å²) in [5.74, 6) is 0. The molecule has 3 rings (SSSR count). The monoisotopic (exact) mass is 272 g/mol. The topological polar surface area (TPSA) is 29.3 Å². The van der Waals surface area contributed by atoms with Crippen LogP contribution in [0, 0.1) is 0 Å². The highest BCUT2D eigenvalue weighted by atomic mass is 35.5. The second-order valence-corrected chi connectivity index (χ2v) is 5.25. The number of nitrogens with zero attached hydrogens (tertiary/aromatic N) is 1. The summed E-state index contributed by atoms with van der Waals surface area (Å²) in [4.78, 5) is 2.37. The first-order valence-corrected chi connectivity index (χ1v) is 6.98. The average molecular weight is 273 g/mol. The maximum absolute atomic E-state index is 6.32. The minimum atomic E-state index is 0.150. The lowest BCUT2D eigenvalue weighted by molar-refractivity contribution is 0.649. The van der Waals surface area contributed by atoms with E-state index in [1.807, 2.05) is 18.2 Å². The average Bonchev–Trinajstić information content (AvgIpc) is 2.86. The molecule has 1 aliphatic rings. The maximum atomic E-state index is 6.32. The van der Waals surface area contributed by atoms with Gasteiger partial charge in [0, 0.05) is 23.8 Å². The number of hydrogen-bond donors (Lipinski definition) is 1. The molecule has 1 heterocycles. The van der Waals surface area contributed by atoms with Gasteiger partial charge in [-0.25, -0.2) is 0 Å². The van der Waals surface area contributed by atoms with Gasteiger partial charge in [0.25, 0.3) is 0 Å². The van der Waals surface area contributed by atoms with Gasteiger partial charge in [0.2, 0.25) is 0 Å². The number of anilines is 1. The van der Waals surface area contributed by atoms with Crippen molar-refractivity contribution in [1.82, 2.24) is 0 Å². The second kappa shape index (κ2) is 5.24. The summed E-state index contributed by atoms with van der Waals surface area (Å²) in [5, 5.41) is 0.794. The van der Waals surface area contributed by atoms with Crippen molar-refractivity contribution in [3.8, 4) is 0 Å². The van der Waals surface area contributed by atoms with Crippen molar-refractivity contribution >= 4 is 17.3 Å². The first-order chi connectivity index (χ1) is 9.31. The molecule has 1 atom stereocenters. The van der Waals surface area contributed by atoms with E-state index >= 15 is 0 Å². The van der Waals surface area contributed by atoms with Crippen molar-refractivity contribution in [2.24, 2.45) is 5.73 Å². The normalized spacial score (nSPS) is 15.4. The van der Waals surface area contributed by atoms with E-state index in [-0.39, 0.29) is 6.04 Å². The lowest BCUT2D eigenvalue weighted by Gasteiger charge is -2.30. The molecule has 0 aliphatic carbocycles. The molecule has 0 saturated carbocycles. The third-order valence-corrected chi connectivity index (χ3v) is 4.13. The third kappa shape index (κ3) is 2.22. The molecule has 2 nitrogen and oxygen atoms in total. The molecule has 1 unspecified atom stereocenters. The first kappa shape index (κ1) is 12.5. The summed E-state index contributed by atoms with van der Waals surface area (Å²) in [6, 6.07) is 16.7. The van der Waals surface area contributed by atoms with Gasteiger partial charge in [-0.2, -0.15) is 0 Å². The number of para-hydroxylation sites is 1. The van der Waals surface area contributed by atoms with Crippen molar-refractivity contribution < 1.29 is 0 Å². The van der Waals surface area contributed by atoms with Crippen LogP contribution in [0.5, 0.6) is 0 Å². The predicted octanol–water partition coefficient (Wildman–Crippen LogP) is 3.40. The molecule has 98 valence electrons. The Hall–Kier alpha value is -1.51. The molecule has 0 aromatic heterocycles. The summed E-state index contributed by atoms with van der Waals surface area (Å²) in [6.45, 7) is 1.57. The van der Waals surface area contributed by atoms with E-state index in [4.69, 9.17) is 17.3 Å². The van der Waals surface area contributed by atoms with E-state index in [0.29, 0.717) is 6.54 Å². The van der Waals surface area contributed by atoms with Gasteiger partial charge in [0.15, 0.2) is 0 Å². The molecule has 0 spiro atoms. The largest absolute Gasteiger partial charge is 0.363 e. The standard InChI is InChI=1S/C16H17ClN2/c17-14-7-3-2-6-13(14)16(11-18)19-10-9-12-5-1-4-8-15(12)19/h1-8,16H,9-11,18H2. The Bertz CT molecular complexity index is 582. The van der Waals surface area contributed by atoms with Crippen LogP contribution in [0.2, 0.25) is 5.02 Å². The Kier molecular flexibility index (Phi) is 3.45. The molecule has 0 fully saturated rings. The van der Waals surface area contributed by atoms with Crippen LogP contribution in [0.25, 0.3) is 0 Å². The predicted molar refractivity (Wildman–Crippen MR) is 80.7 cm³/mol. The van der Waals surface area contributed by atoms with Gasteiger partial charge in [0.1, 0.15) is 0 Å². The van der Waals surface area contributed by atoms with E-state index in [2.05, 4.69) is 35.2 Å². The van der Waals surface area contributed by atoms with Crippen LogP contribution in [0.3, 0.4) is 0 Å². The molecular weight excluding hydrogens is 256 g/mol. The highest BCUT2D eigenvalue weighted by Gasteiger charge is 2.26. The van der Waals surface area contributed by atoms with E-state index in [9.17, 15) is 0 Å². The number of halogens is 1. The number of hydrogen-bond acceptors (Lipinski definition) is 2. The Balaban J connectivity index is 1.99. The Morgan fingerprint density at radius 1 is 1.11 bits per heavy atom. The van der Waals surface area contributed by atoms with Crippen LogP contribution < -0.4 is 10.6 Å². The van der Waals surface area contributed by atoms with Gasteiger partial charge in [-0.1, -0.05) is 48.0 Å². The zero-order valence-electron chi connectivity index (χ0n) is 10.7. The van der Waals surface area contributed by atoms with Crippen molar-refractivity contribution in [2.75, 3.05) is 18.0 Å². The van der Waals surface area contributed by atoms with Gasteiger partial charge < -0.3 is 10.6 Å². The fourth-order valence-corrected chi connectivity index (χ4v) is 3.12. The second-order valence-electron chi connectivity index (χ2n) is 4.85. The molecule has 2 aromatic rings. The number of fused-ring (bicyclic) bond motifs is 1. The molecule has 0 saturated heterocycles. The van der Waals surface area contributed by atoms with E-state index in [1.165, 1.54) is 11.3 Å². The lowest BCUT2D eigenvalue weighted by Crippen LogP contribution is -2.32. The van der Waals surface area contributed by atoms with E-state index < -0.39 is 0 Å². The smallest absolute Gasteiger partial charge is 0.0679 e. The SMILES string of the molecule is NCC(c1ccccc1Cl)N1CCc2ccccc21. The fraction of sp³-hybridized carbons (Fsp3) is 0.250. The summed E-state index contributed by atoms with van der Waals surface area (Å²) in [7, 11) is 0. The highest BCUT2D eigenvalue weighted by Crippen LogP contribution is 2.36. The number of nitrogens with two attached hydrogens (primary N) is 1. The molecular formula is C16H17ClN2. The minimum absolute atomic E-state index is 0.150. The summed E-state index contributed by atoms with van der Waals surface area (Å²) >= 11 is 6.32. The van der Waals surface area contributed by atoms with Crippen LogP contribution in [-0.2, 0) is 6.42 Å². The highest BCUT2D eigenvalue weighted by molar-refractivity contribution is 6.31. The summed E-state index contributed by atoms with van der Waals surface area (Å²) in [6.07, 6.45) is 1.08. The van der Waals surface area contributed by atoms with E-state index in [0.717, 1.165) is 23.6 Å². The molecule has 0 bridgehead atoms. The Labute approximate surface area is 118 Å². The van der Waals surface area contributed by atoms with Crippen molar-refractivity contribution in [1.29, 1.82) is 0 Å². The number of rotatable bonds is 3. The van der Waals surface area contributed by atoms with Crippen LogP contribution in [0.15, 0.2) is 48.5 Å². The summed E-state index contributed by atoms with van der Waals surface area (Å²) in [5.41, 5.74) is 9.81. The van der Waals surface area contributed by atoms with Crippen molar-refractivity contribution in [3.05, 3.63) is 64.7 Å². The van der Waals surface area contributed by atoms with Crippen molar-refractivity contribution in [3.63, 3.8) is 0 Å². The first-order valence-electron chi connectivity index (χ1n) is 6.60. The molecule has 1 aliphatic heterocycles. The summed E-state index contributed by atoms with van der Waals surface area (Å²) < 4.78 is 0. The lowest BCUT2D eigenvalue weighted by atomic mass is 10.0. The molecule has 19 heavy (non-hydrogen) atoms. The van der Waals surface area contributed by atoms with Crippen LogP contribution >= 0.6 is 11.6 Å². The Morgan fingerprint density at radius 3 is 2.63 bits per heavy atom. The van der Waals surface area contributed by atoms with Crippen molar-refractivity contribution in [2.45, 2.75) is 12.5 Å². The molecule has 2 aromatic carbocycles. The zero-order chi connectivity index (χ0) is 13.2. The molecule has 3 heteroatoms. The quantitative estimate of drug-likeness (QED) is 0.928. The van der Waals surface area contributed by atoms with Crippen LogP contribution in [0.1, 0.15) is 17.2 Å². The van der Waals surface area contributed by atoms with Gasteiger partial charge in [0.05, 0.1) is 6.04 Å². The Morgan fingerprint density at radius 2 is 1.84 bits per heavy atom. The van der Waals surface area contributed by atoms with E-state index in [1.54, 1.807) is 0 Å². The van der Waals surface area contributed by atoms with Gasteiger partial charge in [-0.05, 0) is 29.7 Å². The zero-order valence-corrected chi connectivity index (χ0v) is 11.5. The van der Waals surface area contributed by atoms with Crippen LogP contribution in [0.4, 0.5) is 5.69 Å². The van der Waals surface area contributed by atoms with Gasteiger partial charge >= 0.3 is 0 Å². The molecule has 0 radical (unpaired) electrons. The molecule has 2 N–H and O–H groups in total. The third-order valence-electron chi connectivity index (χ3n) is 3.79. The molecule has 0 amide bonds. The maximum Gasteiger partial charge on any atom is 0.0679 e. The van der Waals surface area contributed by atoms with Gasteiger partial charge in [-0.15, -0.1) is 0 Å². The minimum Gasteiger partial charge on any atom is -0.363 e. The van der Waals surface area contributed by atoms with Gasteiger partial charge in [-0.3, -0.25) is 0 Å². The van der Waals surface area contributed by atoms with Crippen LogP contribution in [-0.4, -0.2) is 13.1 Å².